The molecule has 0 aromatic heterocycles. The van der Waals surface area contributed by atoms with Crippen molar-refractivity contribution in [2.24, 2.45) is 0 Å². The van der Waals surface area contributed by atoms with Crippen LogP contribution >= 0.6 is 0 Å². The third-order valence-electron chi connectivity index (χ3n) is 3.10. The molecule has 1 nitrogen and oxygen atoms in total. The molecule has 0 heterocycles. The van der Waals surface area contributed by atoms with Gasteiger partial charge in [0.2, 0.25) is 0 Å². The summed E-state index contributed by atoms with van der Waals surface area (Å²) in [5.41, 5.74) is 3.17. The Morgan fingerprint density at radius 2 is 2.18 bits per heavy atom. The van der Waals surface area contributed by atoms with Crippen LogP contribution in [0.1, 0.15) is 35.2 Å². The van der Waals surface area contributed by atoms with E-state index in [0.29, 0.717) is 6.42 Å². The molecular formula is C16H16O. The molecule has 1 heteroatoms. The van der Waals surface area contributed by atoms with Gasteiger partial charge < -0.3 is 0 Å². The predicted octanol–water partition coefficient (Wildman–Crippen LogP) is 4.05. The molecule has 0 saturated carbocycles. The maximum absolute atomic E-state index is 11.9. The Bertz CT molecular complexity index is 506. The van der Waals surface area contributed by atoms with Gasteiger partial charge in [-0.05, 0) is 18.1 Å². The highest BCUT2D eigenvalue weighted by atomic mass is 16.1. The highest BCUT2D eigenvalue weighted by molar-refractivity contribution is 6.02. The Labute approximate surface area is 102 Å². The lowest BCUT2D eigenvalue weighted by Gasteiger charge is -2.11. The Balaban J connectivity index is 2.46. The van der Waals surface area contributed by atoms with E-state index < -0.39 is 0 Å². The van der Waals surface area contributed by atoms with Gasteiger partial charge in [-0.2, -0.15) is 0 Å². The van der Waals surface area contributed by atoms with Crippen LogP contribution in [0.15, 0.2) is 60.7 Å². The van der Waals surface area contributed by atoms with Crippen molar-refractivity contribution in [2.75, 3.05) is 0 Å². The van der Waals surface area contributed by atoms with Gasteiger partial charge in [-0.3, -0.25) is 4.79 Å². The summed E-state index contributed by atoms with van der Waals surface area (Å²) in [5.74, 6) is 0.429. The number of carbonyl (C=O) groups excluding carboxylic acids is 1. The molecule has 86 valence electrons. The van der Waals surface area contributed by atoms with Gasteiger partial charge in [0.15, 0.2) is 5.78 Å². The molecule has 0 bridgehead atoms. The zero-order valence-corrected chi connectivity index (χ0v) is 10.0. The molecule has 2 rings (SSSR count). The summed E-state index contributed by atoms with van der Waals surface area (Å²) in [6.07, 6.45) is 8.40. The highest BCUT2D eigenvalue weighted by Gasteiger charge is 2.29. The first kappa shape index (κ1) is 11.6. The summed E-state index contributed by atoms with van der Waals surface area (Å²) >= 11 is 0. The van der Waals surface area contributed by atoms with Crippen molar-refractivity contribution >= 4 is 5.78 Å². The molecule has 0 aliphatic heterocycles. The fraction of sp³-hybridized carbons (Fsp3) is 0.188. The minimum absolute atomic E-state index is 0.188. The molecule has 1 aliphatic rings. The fourth-order valence-corrected chi connectivity index (χ4v) is 2.37. The van der Waals surface area contributed by atoms with Crippen molar-refractivity contribution in [3.05, 3.63) is 71.8 Å². The van der Waals surface area contributed by atoms with Crippen LogP contribution in [0.2, 0.25) is 0 Å². The largest absolute Gasteiger partial charge is 0.294 e. The summed E-state index contributed by atoms with van der Waals surface area (Å²) in [7, 11) is 0. The van der Waals surface area contributed by atoms with Crippen molar-refractivity contribution in [1.29, 1.82) is 0 Å². The Morgan fingerprint density at radius 3 is 2.88 bits per heavy atom. The second-order valence-electron chi connectivity index (χ2n) is 4.17. The molecule has 17 heavy (non-hydrogen) atoms. The lowest BCUT2D eigenvalue weighted by Crippen LogP contribution is -1.96. The average Bonchev–Trinajstić information content (AvgIpc) is 2.67. The number of rotatable bonds is 3. The van der Waals surface area contributed by atoms with Crippen molar-refractivity contribution in [2.45, 2.75) is 19.3 Å². The molecule has 0 amide bonds. The summed E-state index contributed by atoms with van der Waals surface area (Å²) in [6.45, 7) is 5.72. The van der Waals surface area contributed by atoms with Crippen LogP contribution in [-0.4, -0.2) is 5.78 Å². The van der Waals surface area contributed by atoms with E-state index in [2.05, 4.69) is 12.7 Å². The van der Waals surface area contributed by atoms with E-state index in [1.807, 2.05) is 43.3 Å². The monoisotopic (exact) mass is 224 g/mol. The number of allylic oxidation sites excluding steroid dienone is 5. The number of hydrogen-bond acceptors (Lipinski definition) is 1. The molecule has 1 aromatic carbocycles. The van der Waals surface area contributed by atoms with Gasteiger partial charge >= 0.3 is 0 Å². The van der Waals surface area contributed by atoms with Crippen molar-refractivity contribution in [3.63, 3.8) is 0 Å². The second-order valence-corrected chi connectivity index (χ2v) is 4.17. The molecular weight excluding hydrogens is 208 g/mol. The topological polar surface area (TPSA) is 17.1 Å². The van der Waals surface area contributed by atoms with E-state index in [9.17, 15) is 4.79 Å². The first-order chi connectivity index (χ1) is 8.27. The summed E-state index contributed by atoms with van der Waals surface area (Å²) in [5, 5.41) is 0. The quantitative estimate of drug-likeness (QED) is 0.708. The fourth-order valence-electron chi connectivity index (χ4n) is 2.37. The first-order valence-corrected chi connectivity index (χ1v) is 5.85. The van der Waals surface area contributed by atoms with Crippen LogP contribution in [0, 0.1) is 0 Å². The smallest absolute Gasteiger partial charge is 0.164 e. The summed E-state index contributed by atoms with van der Waals surface area (Å²) in [4.78, 5) is 11.9. The van der Waals surface area contributed by atoms with Crippen LogP contribution in [0.3, 0.4) is 0 Å². The average molecular weight is 224 g/mol. The molecule has 1 atom stereocenters. The van der Waals surface area contributed by atoms with Crippen LogP contribution in [0.4, 0.5) is 0 Å². The van der Waals surface area contributed by atoms with Crippen LogP contribution in [-0.2, 0) is 0 Å². The Morgan fingerprint density at radius 1 is 1.41 bits per heavy atom. The number of hydrogen-bond donors (Lipinski definition) is 0. The summed E-state index contributed by atoms with van der Waals surface area (Å²) < 4.78 is 0. The van der Waals surface area contributed by atoms with Crippen LogP contribution < -0.4 is 0 Å². The minimum Gasteiger partial charge on any atom is -0.294 e. The number of ketones is 1. The zero-order valence-electron chi connectivity index (χ0n) is 10.0. The highest BCUT2D eigenvalue weighted by Crippen LogP contribution is 2.38. The Hall–Kier alpha value is -1.89. The van der Waals surface area contributed by atoms with Gasteiger partial charge in [0.05, 0.1) is 0 Å². The van der Waals surface area contributed by atoms with E-state index in [4.69, 9.17) is 0 Å². The predicted molar refractivity (Wildman–Crippen MR) is 71.2 cm³/mol. The lowest BCUT2D eigenvalue weighted by molar-refractivity contribution is 0.0991. The molecule has 1 unspecified atom stereocenters. The van der Waals surface area contributed by atoms with E-state index in [0.717, 1.165) is 16.7 Å². The first-order valence-electron chi connectivity index (χ1n) is 5.85. The van der Waals surface area contributed by atoms with Crippen molar-refractivity contribution < 1.29 is 4.79 Å². The van der Waals surface area contributed by atoms with Gasteiger partial charge in [0.25, 0.3) is 0 Å². The van der Waals surface area contributed by atoms with Crippen LogP contribution in [0.25, 0.3) is 0 Å². The zero-order chi connectivity index (χ0) is 12.3. The molecule has 0 fully saturated rings. The number of Topliss-reactive ketones (excluding diaryl/α,β-unsaturated/α-hetero) is 1. The van der Waals surface area contributed by atoms with Gasteiger partial charge in [-0.15, -0.1) is 0 Å². The number of carbonyl (C=O) groups is 1. The standard InChI is InChI=1S/C16H16O/c1-3-7-12(8-4-2)15-11-16(17)14-10-6-5-9-13(14)15/h3-10,15H,1,11H2,2H3/b8-4-,12-7+. The molecule has 1 aromatic rings. The van der Waals surface area contributed by atoms with E-state index in [1.54, 1.807) is 6.08 Å². The second kappa shape index (κ2) is 4.96. The lowest BCUT2D eigenvalue weighted by atomic mass is 9.92. The molecule has 1 aliphatic carbocycles. The summed E-state index contributed by atoms with van der Waals surface area (Å²) in [6, 6.07) is 7.88. The van der Waals surface area contributed by atoms with Gasteiger partial charge in [-0.25, -0.2) is 0 Å². The van der Waals surface area contributed by atoms with Crippen LogP contribution in [0.5, 0.6) is 0 Å². The molecule has 0 saturated heterocycles. The normalized spacial score (nSPS) is 19.7. The van der Waals surface area contributed by atoms with Gasteiger partial charge in [0.1, 0.15) is 0 Å². The van der Waals surface area contributed by atoms with Gasteiger partial charge in [0, 0.05) is 17.9 Å². The van der Waals surface area contributed by atoms with E-state index >= 15 is 0 Å². The molecule has 0 spiro atoms. The number of fused-ring (bicyclic) bond motifs is 1. The molecule has 0 radical (unpaired) electrons. The SMILES string of the molecule is C=C/C=C(\C=C/C)C1CC(=O)c2ccccc21. The maximum Gasteiger partial charge on any atom is 0.164 e. The maximum atomic E-state index is 11.9. The molecule has 0 N–H and O–H groups in total. The van der Waals surface area contributed by atoms with Gasteiger partial charge in [-0.1, -0.05) is 55.1 Å². The number of benzene rings is 1. The Kier molecular flexibility index (Phi) is 3.38. The third-order valence-corrected chi connectivity index (χ3v) is 3.10. The van der Waals surface area contributed by atoms with E-state index in [-0.39, 0.29) is 11.7 Å². The minimum atomic E-state index is 0.188. The third kappa shape index (κ3) is 2.14. The van der Waals surface area contributed by atoms with Crippen molar-refractivity contribution in [3.8, 4) is 0 Å². The van der Waals surface area contributed by atoms with Crippen molar-refractivity contribution in [1.82, 2.24) is 0 Å². The van der Waals surface area contributed by atoms with E-state index in [1.165, 1.54) is 0 Å².